The summed E-state index contributed by atoms with van der Waals surface area (Å²) in [5, 5.41) is 5.63. The van der Waals surface area contributed by atoms with Gasteiger partial charge in [-0.25, -0.2) is 4.79 Å². The lowest BCUT2D eigenvalue weighted by atomic mass is 10.0. The molecule has 21 heavy (non-hydrogen) atoms. The summed E-state index contributed by atoms with van der Waals surface area (Å²) in [6.45, 7) is 5.23. The van der Waals surface area contributed by atoms with E-state index in [2.05, 4.69) is 27.7 Å². The van der Waals surface area contributed by atoms with Crippen molar-refractivity contribution in [1.29, 1.82) is 0 Å². The Morgan fingerprint density at radius 2 is 2.10 bits per heavy atom. The van der Waals surface area contributed by atoms with Crippen molar-refractivity contribution in [3.63, 3.8) is 0 Å². The number of urea groups is 1. The fourth-order valence-electron chi connectivity index (χ4n) is 2.83. The summed E-state index contributed by atoms with van der Waals surface area (Å²) in [5.74, 6) is 0.890. The summed E-state index contributed by atoms with van der Waals surface area (Å²) in [5.41, 5.74) is 1.33. The van der Waals surface area contributed by atoms with Gasteiger partial charge in [0.05, 0.1) is 7.11 Å². The average molecular weight is 291 g/mol. The van der Waals surface area contributed by atoms with Crippen molar-refractivity contribution in [1.82, 2.24) is 15.5 Å². The van der Waals surface area contributed by atoms with E-state index in [0.29, 0.717) is 19.1 Å². The Morgan fingerprint density at radius 1 is 1.33 bits per heavy atom. The third kappa shape index (κ3) is 4.36. The Labute approximate surface area is 126 Å². The molecule has 0 radical (unpaired) electrons. The van der Waals surface area contributed by atoms with Crippen molar-refractivity contribution >= 4 is 6.03 Å². The van der Waals surface area contributed by atoms with E-state index in [9.17, 15) is 4.79 Å². The fraction of sp³-hybridized carbons (Fsp3) is 0.562. The number of benzene rings is 1. The topological polar surface area (TPSA) is 53.6 Å². The van der Waals surface area contributed by atoms with Gasteiger partial charge in [-0.05, 0) is 44.0 Å². The quantitative estimate of drug-likeness (QED) is 0.844. The highest BCUT2D eigenvalue weighted by Gasteiger charge is 2.25. The summed E-state index contributed by atoms with van der Waals surface area (Å²) in [6.07, 6.45) is 2.38. The number of rotatable bonds is 6. The average Bonchev–Trinajstić information content (AvgIpc) is 2.96. The van der Waals surface area contributed by atoms with Gasteiger partial charge in [0.15, 0.2) is 0 Å². The first-order chi connectivity index (χ1) is 10.2. The molecule has 1 aliphatic heterocycles. The number of ether oxygens (including phenoxy) is 1. The summed E-state index contributed by atoms with van der Waals surface area (Å²) in [7, 11) is 1.68. The number of methoxy groups -OCH3 is 1. The maximum atomic E-state index is 11.4. The molecule has 1 aromatic rings. The number of nitrogens with one attached hydrogen (secondary N) is 2. The molecular formula is C16H25N3O2. The van der Waals surface area contributed by atoms with Gasteiger partial charge in [-0.1, -0.05) is 12.1 Å². The first-order valence-corrected chi connectivity index (χ1v) is 7.64. The molecule has 1 heterocycles. The molecule has 0 aromatic heterocycles. The van der Waals surface area contributed by atoms with E-state index in [1.165, 1.54) is 18.4 Å². The Morgan fingerprint density at radius 3 is 2.76 bits per heavy atom. The van der Waals surface area contributed by atoms with E-state index in [1.807, 2.05) is 19.1 Å². The van der Waals surface area contributed by atoms with Crippen LogP contribution in [0.2, 0.25) is 0 Å². The second-order valence-corrected chi connectivity index (χ2v) is 5.25. The maximum absolute atomic E-state index is 11.4. The number of carbonyl (C=O) groups excluding carboxylic acids is 1. The van der Waals surface area contributed by atoms with E-state index in [1.54, 1.807) is 7.11 Å². The van der Waals surface area contributed by atoms with E-state index in [4.69, 9.17) is 4.74 Å². The molecule has 0 spiro atoms. The fourth-order valence-corrected chi connectivity index (χ4v) is 2.83. The van der Waals surface area contributed by atoms with Crippen LogP contribution in [0.4, 0.5) is 4.79 Å². The summed E-state index contributed by atoms with van der Waals surface area (Å²) >= 11 is 0. The number of amides is 2. The zero-order valence-electron chi connectivity index (χ0n) is 12.9. The summed E-state index contributed by atoms with van der Waals surface area (Å²) < 4.78 is 5.20. The monoisotopic (exact) mass is 291 g/mol. The zero-order valence-corrected chi connectivity index (χ0v) is 12.9. The molecule has 1 fully saturated rings. The molecule has 0 bridgehead atoms. The molecule has 1 aliphatic rings. The van der Waals surface area contributed by atoms with Crippen LogP contribution >= 0.6 is 0 Å². The molecule has 2 amide bonds. The molecule has 5 heteroatoms. The minimum Gasteiger partial charge on any atom is -0.497 e. The molecule has 0 aliphatic carbocycles. The van der Waals surface area contributed by atoms with Gasteiger partial charge in [-0.3, -0.25) is 4.90 Å². The first kappa shape index (κ1) is 15.6. The van der Waals surface area contributed by atoms with Crippen LogP contribution < -0.4 is 15.4 Å². The van der Waals surface area contributed by atoms with Crippen molar-refractivity contribution < 1.29 is 9.53 Å². The molecular weight excluding hydrogens is 266 g/mol. The van der Waals surface area contributed by atoms with Crippen LogP contribution in [0.5, 0.6) is 5.75 Å². The lowest BCUT2D eigenvalue weighted by molar-refractivity contribution is 0.232. The van der Waals surface area contributed by atoms with Gasteiger partial charge in [0, 0.05) is 25.7 Å². The molecule has 0 saturated carbocycles. The van der Waals surface area contributed by atoms with Crippen molar-refractivity contribution in [3.8, 4) is 5.75 Å². The van der Waals surface area contributed by atoms with E-state index in [0.717, 1.165) is 18.8 Å². The second kappa shape index (κ2) is 7.88. The molecule has 0 unspecified atom stereocenters. The molecule has 2 rings (SSSR count). The van der Waals surface area contributed by atoms with Gasteiger partial charge in [-0.2, -0.15) is 0 Å². The number of nitrogens with zero attached hydrogens (tertiary/aromatic N) is 1. The largest absolute Gasteiger partial charge is 0.497 e. The molecule has 1 saturated heterocycles. The van der Waals surface area contributed by atoms with Gasteiger partial charge >= 0.3 is 6.03 Å². The number of carbonyl (C=O) groups is 1. The zero-order chi connectivity index (χ0) is 15.1. The van der Waals surface area contributed by atoms with Gasteiger partial charge in [-0.15, -0.1) is 0 Å². The minimum atomic E-state index is -0.0855. The van der Waals surface area contributed by atoms with Gasteiger partial charge in [0.1, 0.15) is 5.75 Å². The molecule has 5 nitrogen and oxygen atoms in total. The minimum absolute atomic E-state index is 0.0855. The Hall–Kier alpha value is -1.75. The second-order valence-electron chi connectivity index (χ2n) is 5.25. The van der Waals surface area contributed by atoms with Crippen molar-refractivity contribution in [2.75, 3.05) is 33.3 Å². The number of hydrogen-bond acceptors (Lipinski definition) is 3. The molecule has 116 valence electrons. The molecule has 1 aromatic carbocycles. The number of likely N-dealkylation sites (tertiary alicyclic amines) is 1. The van der Waals surface area contributed by atoms with Gasteiger partial charge in [0.25, 0.3) is 0 Å². The Balaban J connectivity index is 1.86. The SMILES string of the molecule is CCNC(=O)NCCN1CCC[C@@H]1c1ccc(OC)cc1. The third-order valence-electron chi connectivity index (χ3n) is 3.89. The molecule has 1 atom stereocenters. The number of hydrogen-bond donors (Lipinski definition) is 2. The van der Waals surface area contributed by atoms with Crippen molar-refractivity contribution in [2.24, 2.45) is 0 Å². The van der Waals surface area contributed by atoms with Crippen LogP contribution in [0.25, 0.3) is 0 Å². The first-order valence-electron chi connectivity index (χ1n) is 7.64. The summed E-state index contributed by atoms with van der Waals surface area (Å²) in [6, 6.07) is 8.67. The highest BCUT2D eigenvalue weighted by Crippen LogP contribution is 2.32. The predicted molar refractivity (Wildman–Crippen MR) is 83.6 cm³/mol. The van der Waals surface area contributed by atoms with Crippen LogP contribution in [0.3, 0.4) is 0 Å². The summed E-state index contributed by atoms with van der Waals surface area (Å²) in [4.78, 5) is 13.8. The standard InChI is InChI=1S/C16H25N3O2/c1-3-17-16(20)18-10-12-19-11-4-5-15(19)13-6-8-14(21-2)9-7-13/h6-9,15H,3-5,10-12H2,1-2H3,(H2,17,18,20)/t15-/m1/s1. The molecule has 2 N–H and O–H groups in total. The Kier molecular flexibility index (Phi) is 5.87. The van der Waals surface area contributed by atoms with Crippen LogP contribution in [0, 0.1) is 0 Å². The van der Waals surface area contributed by atoms with Crippen LogP contribution in [0.15, 0.2) is 24.3 Å². The highest BCUT2D eigenvalue weighted by atomic mass is 16.5. The lowest BCUT2D eigenvalue weighted by Gasteiger charge is -2.25. The van der Waals surface area contributed by atoms with Crippen LogP contribution in [-0.2, 0) is 0 Å². The van der Waals surface area contributed by atoms with Gasteiger partial charge < -0.3 is 15.4 Å². The van der Waals surface area contributed by atoms with Gasteiger partial charge in [0.2, 0.25) is 0 Å². The van der Waals surface area contributed by atoms with Crippen molar-refractivity contribution in [3.05, 3.63) is 29.8 Å². The van der Waals surface area contributed by atoms with E-state index >= 15 is 0 Å². The van der Waals surface area contributed by atoms with Crippen LogP contribution in [0.1, 0.15) is 31.4 Å². The third-order valence-corrected chi connectivity index (χ3v) is 3.89. The normalized spacial score (nSPS) is 18.5. The van der Waals surface area contributed by atoms with E-state index < -0.39 is 0 Å². The predicted octanol–water partition coefficient (Wildman–Crippen LogP) is 2.15. The Bertz CT molecular complexity index is 447. The highest BCUT2D eigenvalue weighted by molar-refractivity contribution is 5.73. The maximum Gasteiger partial charge on any atom is 0.314 e. The lowest BCUT2D eigenvalue weighted by Crippen LogP contribution is -2.40. The van der Waals surface area contributed by atoms with Crippen LogP contribution in [-0.4, -0.2) is 44.2 Å². The van der Waals surface area contributed by atoms with E-state index in [-0.39, 0.29) is 6.03 Å². The smallest absolute Gasteiger partial charge is 0.314 e. The van der Waals surface area contributed by atoms with Crippen molar-refractivity contribution in [2.45, 2.75) is 25.8 Å².